The quantitative estimate of drug-likeness (QED) is 0.721. The minimum atomic E-state index is -3.59. The molecule has 2 rings (SSSR count). The Balaban J connectivity index is 2.20. The van der Waals surface area contributed by atoms with Gasteiger partial charge in [-0.15, -0.1) is 0 Å². The second kappa shape index (κ2) is 8.60. The molecule has 0 bridgehead atoms. The molecule has 7 heteroatoms. The molecule has 1 amide bonds. The van der Waals surface area contributed by atoms with Crippen molar-refractivity contribution in [3.8, 4) is 0 Å². The molecule has 1 aliphatic rings. The van der Waals surface area contributed by atoms with Crippen LogP contribution < -0.4 is 10.6 Å². The highest BCUT2D eigenvalue weighted by atomic mass is 32.2. The molecule has 0 atom stereocenters. The van der Waals surface area contributed by atoms with Crippen LogP contribution in [0.1, 0.15) is 36.2 Å². The maximum atomic E-state index is 12.8. The number of carbonyl (C=O) groups is 1. The van der Waals surface area contributed by atoms with Gasteiger partial charge in [0, 0.05) is 31.7 Å². The van der Waals surface area contributed by atoms with Crippen molar-refractivity contribution in [1.82, 2.24) is 14.9 Å². The molecular weight excluding hydrogens is 338 g/mol. The zero-order valence-corrected chi connectivity index (χ0v) is 15.9. The summed E-state index contributed by atoms with van der Waals surface area (Å²) in [6.45, 7) is 8.39. The van der Waals surface area contributed by atoms with Crippen LogP contribution in [-0.4, -0.2) is 51.4 Å². The minimum absolute atomic E-state index is 0.199. The molecule has 25 heavy (non-hydrogen) atoms. The van der Waals surface area contributed by atoms with E-state index < -0.39 is 10.0 Å². The molecule has 0 saturated heterocycles. The molecule has 0 fully saturated rings. The number of amides is 1. The van der Waals surface area contributed by atoms with Gasteiger partial charge in [0.1, 0.15) is 0 Å². The summed E-state index contributed by atoms with van der Waals surface area (Å²) in [5, 5.41) is 6.11. The highest BCUT2D eigenvalue weighted by Crippen LogP contribution is 2.21. The summed E-state index contributed by atoms with van der Waals surface area (Å²) in [6, 6.07) is 4.84. The predicted octanol–water partition coefficient (Wildman–Crippen LogP) is 1.68. The highest BCUT2D eigenvalue weighted by Gasteiger charge is 2.24. The summed E-state index contributed by atoms with van der Waals surface area (Å²) in [4.78, 5) is 12.6. The van der Waals surface area contributed by atoms with Gasteiger partial charge in [-0.3, -0.25) is 4.79 Å². The van der Waals surface area contributed by atoms with E-state index >= 15 is 0 Å². The third-order valence-corrected chi connectivity index (χ3v) is 6.60. The lowest BCUT2D eigenvalue weighted by atomic mass is 10.1. The van der Waals surface area contributed by atoms with Crippen LogP contribution in [0.5, 0.6) is 0 Å². The van der Waals surface area contributed by atoms with E-state index in [1.54, 1.807) is 32.9 Å². The van der Waals surface area contributed by atoms with E-state index in [-0.39, 0.29) is 10.8 Å². The molecular formula is C18H27N3O3S. The van der Waals surface area contributed by atoms with Crippen LogP contribution in [0.2, 0.25) is 0 Å². The first kappa shape index (κ1) is 19.6. The maximum absolute atomic E-state index is 12.8. The Morgan fingerprint density at radius 3 is 2.60 bits per heavy atom. The highest BCUT2D eigenvalue weighted by molar-refractivity contribution is 7.89. The van der Waals surface area contributed by atoms with E-state index in [2.05, 4.69) is 16.7 Å². The number of rotatable bonds is 7. The average Bonchev–Trinajstić information content (AvgIpc) is 2.61. The van der Waals surface area contributed by atoms with E-state index in [1.165, 1.54) is 15.9 Å². The number of sulfonamides is 1. The summed E-state index contributed by atoms with van der Waals surface area (Å²) in [5.41, 5.74) is 2.20. The van der Waals surface area contributed by atoms with Crippen LogP contribution in [0.25, 0.3) is 0 Å². The molecule has 1 aromatic rings. The third kappa shape index (κ3) is 4.68. The van der Waals surface area contributed by atoms with Crippen molar-refractivity contribution in [2.75, 3.05) is 32.7 Å². The van der Waals surface area contributed by atoms with Gasteiger partial charge in [-0.25, -0.2) is 8.42 Å². The molecule has 0 spiro atoms. The van der Waals surface area contributed by atoms with Crippen molar-refractivity contribution in [1.29, 1.82) is 0 Å². The normalized spacial score (nSPS) is 15.1. The maximum Gasteiger partial charge on any atom is 0.251 e. The molecule has 0 radical (unpaired) electrons. The Hall–Kier alpha value is -1.70. The summed E-state index contributed by atoms with van der Waals surface area (Å²) in [5.74, 6) is -0.254. The molecule has 0 aliphatic carbocycles. The van der Waals surface area contributed by atoms with E-state index in [4.69, 9.17) is 0 Å². The standard InChI is InChI=1S/C18H27N3O3S/c1-4-21(5-2)25(23,24)17-12-16(7-6-14(17)3)18(22)20-13-15-8-10-19-11-9-15/h6-8,12,19H,4-5,9-11,13H2,1-3H3,(H,20,22). The number of hydrogen-bond acceptors (Lipinski definition) is 4. The molecule has 0 unspecified atom stereocenters. The van der Waals surface area contributed by atoms with E-state index in [1.807, 2.05) is 0 Å². The van der Waals surface area contributed by atoms with Gasteiger partial charge >= 0.3 is 0 Å². The zero-order chi connectivity index (χ0) is 18.4. The minimum Gasteiger partial charge on any atom is -0.348 e. The van der Waals surface area contributed by atoms with Crippen LogP contribution in [0, 0.1) is 6.92 Å². The molecule has 1 aliphatic heterocycles. The molecule has 1 heterocycles. The summed E-state index contributed by atoms with van der Waals surface area (Å²) in [6.07, 6.45) is 2.99. The van der Waals surface area contributed by atoms with Crippen molar-refractivity contribution < 1.29 is 13.2 Å². The Labute approximate surface area is 150 Å². The van der Waals surface area contributed by atoms with Gasteiger partial charge in [0.2, 0.25) is 10.0 Å². The van der Waals surface area contributed by atoms with Gasteiger partial charge in [0.15, 0.2) is 0 Å². The lowest BCUT2D eigenvalue weighted by molar-refractivity contribution is 0.0956. The van der Waals surface area contributed by atoms with Crippen LogP contribution in [-0.2, 0) is 10.0 Å². The first-order valence-electron chi connectivity index (χ1n) is 8.67. The number of benzene rings is 1. The monoisotopic (exact) mass is 365 g/mol. The topological polar surface area (TPSA) is 78.5 Å². The fourth-order valence-electron chi connectivity index (χ4n) is 2.85. The summed E-state index contributed by atoms with van der Waals surface area (Å²) < 4.78 is 26.9. The van der Waals surface area contributed by atoms with Crippen LogP contribution in [0.3, 0.4) is 0 Å². The lowest BCUT2D eigenvalue weighted by Gasteiger charge is -2.20. The smallest absolute Gasteiger partial charge is 0.251 e. The van der Waals surface area contributed by atoms with Gasteiger partial charge in [-0.2, -0.15) is 4.31 Å². The van der Waals surface area contributed by atoms with Gasteiger partial charge in [-0.05, 0) is 37.6 Å². The Bertz CT molecular complexity index is 753. The SMILES string of the molecule is CCN(CC)S(=O)(=O)c1cc(C(=O)NCC2=CCNCC2)ccc1C. The largest absolute Gasteiger partial charge is 0.348 e. The fourth-order valence-corrected chi connectivity index (χ4v) is 4.56. The first-order chi connectivity index (χ1) is 11.9. The summed E-state index contributed by atoms with van der Waals surface area (Å²) in [7, 11) is -3.59. The molecule has 1 aromatic carbocycles. The van der Waals surface area contributed by atoms with Crippen molar-refractivity contribution in [3.63, 3.8) is 0 Å². The van der Waals surface area contributed by atoms with Crippen molar-refractivity contribution in [2.24, 2.45) is 0 Å². The molecule has 0 saturated carbocycles. The second-order valence-electron chi connectivity index (χ2n) is 6.07. The van der Waals surface area contributed by atoms with Crippen molar-refractivity contribution in [3.05, 3.63) is 41.0 Å². The average molecular weight is 365 g/mol. The van der Waals surface area contributed by atoms with Crippen LogP contribution in [0.15, 0.2) is 34.7 Å². The number of nitrogens with zero attached hydrogens (tertiary/aromatic N) is 1. The first-order valence-corrected chi connectivity index (χ1v) is 10.1. The molecule has 0 aromatic heterocycles. The van der Waals surface area contributed by atoms with E-state index in [9.17, 15) is 13.2 Å². The van der Waals surface area contributed by atoms with Crippen LogP contribution >= 0.6 is 0 Å². The van der Waals surface area contributed by atoms with Gasteiger partial charge < -0.3 is 10.6 Å². The molecule has 2 N–H and O–H groups in total. The molecule has 138 valence electrons. The second-order valence-corrected chi connectivity index (χ2v) is 7.98. The summed E-state index contributed by atoms with van der Waals surface area (Å²) >= 11 is 0. The van der Waals surface area contributed by atoms with E-state index in [0.717, 1.165) is 19.5 Å². The predicted molar refractivity (Wildman–Crippen MR) is 99.2 cm³/mol. The number of nitrogens with one attached hydrogen (secondary N) is 2. The van der Waals surface area contributed by atoms with Gasteiger partial charge in [0.25, 0.3) is 5.91 Å². The van der Waals surface area contributed by atoms with Crippen molar-refractivity contribution in [2.45, 2.75) is 32.1 Å². The molecule has 6 nitrogen and oxygen atoms in total. The fraction of sp³-hybridized carbons (Fsp3) is 0.500. The Morgan fingerprint density at radius 1 is 1.28 bits per heavy atom. The number of hydrogen-bond donors (Lipinski definition) is 2. The third-order valence-electron chi connectivity index (χ3n) is 4.41. The number of aryl methyl sites for hydroxylation is 1. The zero-order valence-electron chi connectivity index (χ0n) is 15.1. The number of carbonyl (C=O) groups excluding carboxylic acids is 1. The van der Waals surface area contributed by atoms with Crippen LogP contribution in [0.4, 0.5) is 0 Å². The lowest BCUT2D eigenvalue weighted by Crippen LogP contribution is -2.32. The van der Waals surface area contributed by atoms with Gasteiger partial charge in [-0.1, -0.05) is 31.6 Å². The van der Waals surface area contributed by atoms with E-state index in [0.29, 0.717) is 30.8 Å². The Morgan fingerprint density at radius 2 is 2.00 bits per heavy atom. The Kier molecular flexibility index (Phi) is 6.75. The van der Waals surface area contributed by atoms with Gasteiger partial charge in [0.05, 0.1) is 4.90 Å². The van der Waals surface area contributed by atoms with Crippen molar-refractivity contribution >= 4 is 15.9 Å².